The van der Waals surface area contributed by atoms with Gasteiger partial charge >= 0.3 is 0 Å². The predicted molar refractivity (Wildman–Crippen MR) is 82.2 cm³/mol. The molecule has 1 aliphatic rings. The molecule has 0 bridgehead atoms. The minimum Gasteiger partial charge on any atom is -0.327 e. The van der Waals surface area contributed by atoms with Crippen LogP contribution in [0.2, 0.25) is 0 Å². The number of likely N-dealkylation sites (tertiary alicyclic amines) is 1. The van der Waals surface area contributed by atoms with Gasteiger partial charge < -0.3 is 5.73 Å². The lowest BCUT2D eigenvalue weighted by Gasteiger charge is -2.40. The summed E-state index contributed by atoms with van der Waals surface area (Å²) in [5, 5.41) is 0. The third-order valence-corrected chi connectivity index (χ3v) is 4.32. The van der Waals surface area contributed by atoms with Crippen LogP contribution < -0.4 is 5.73 Å². The van der Waals surface area contributed by atoms with Crippen LogP contribution in [0.3, 0.4) is 0 Å². The van der Waals surface area contributed by atoms with E-state index in [2.05, 4.69) is 49.9 Å². The highest BCUT2D eigenvalue weighted by atomic mass is 15.2. The monoisotopic (exact) mass is 260 g/mol. The van der Waals surface area contributed by atoms with Crippen LogP contribution in [-0.2, 0) is 6.42 Å². The number of hydrogen-bond acceptors (Lipinski definition) is 2. The standard InChI is InChI=1S/C17H28N2/c1-4-14-6-8-15(9-7-14)17(5-2)19-11-13(3)10-16(18)12-19/h6-9,13,16-17H,4-5,10-12,18H2,1-3H3. The van der Waals surface area contributed by atoms with E-state index in [9.17, 15) is 0 Å². The fourth-order valence-corrected chi connectivity index (χ4v) is 3.38. The first-order valence-corrected chi connectivity index (χ1v) is 7.72. The molecule has 3 unspecified atom stereocenters. The summed E-state index contributed by atoms with van der Waals surface area (Å²) in [7, 11) is 0. The van der Waals surface area contributed by atoms with E-state index < -0.39 is 0 Å². The maximum absolute atomic E-state index is 6.19. The van der Waals surface area contributed by atoms with Crippen molar-refractivity contribution in [2.45, 2.75) is 52.1 Å². The van der Waals surface area contributed by atoms with Gasteiger partial charge in [0.25, 0.3) is 0 Å². The normalized spacial score (nSPS) is 26.3. The number of aryl methyl sites for hydroxylation is 1. The highest BCUT2D eigenvalue weighted by Crippen LogP contribution is 2.29. The highest BCUT2D eigenvalue weighted by molar-refractivity contribution is 5.25. The Morgan fingerprint density at radius 1 is 1.21 bits per heavy atom. The minimum absolute atomic E-state index is 0.340. The predicted octanol–water partition coefficient (Wildman–Crippen LogP) is 3.37. The average molecular weight is 260 g/mol. The molecule has 2 N–H and O–H groups in total. The molecule has 1 aromatic rings. The maximum Gasteiger partial charge on any atom is 0.0346 e. The Labute approximate surface area is 118 Å². The Morgan fingerprint density at radius 3 is 2.42 bits per heavy atom. The molecule has 0 radical (unpaired) electrons. The molecular formula is C17H28N2. The molecule has 2 heteroatoms. The van der Waals surface area contributed by atoms with Crippen LogP contribution in [0.15, 0.2) is 24.3 Å². The Hall–Kier alpha value is -0.860. The molecule has 1 fully saturated rings. The molecule has 0 saturated carbocycles. The van der Waals surface area contributed by atoms with Crippen LogP contribution in [0.4, 0.5) is 0 Å². The van der Waals surface area contributed by atoms with Gasteiger partial charge in [-0.3, -0.25) is 4.90 Å². The summed E-state index contributed by atoms with van der Waals surface area (Å²) in [5.74, 6) is 0.715. The van der Waals surface area contributed by atoms with Crippen molar-refractivity contribution >= 4 is 0 Å². The second kappa shape index (κ2) is 6.53. The van der Waals surface area contributed by atoms with Crippen molar-refractivity contribution in [1.29, 1.82) is 0 Å². The molecule has 1 aliphatic heterocycles. The fourth-order valence-electron chi connectivity index (χ4n) is 3.38. The molecule has 0 amide bonds. The minimum atomic E-state index is 0.340. The van der Waals surface area contributed by atoms with Crippen molar-refractivity contribution in [3.05, 3.63) is 35.4 Å². The third-order valence-electron chi connectivity index (χ3n) is 4.32. The van der Waals surface area contributed by atoms with Gasteiger partial charge in [0, 0.05) is 25.2 Å². The van der Waals surface area contributed by atoms with Gasteiger partial charge in [-0.2, -0.15) is 0 Å². The Morgan fingerprint density at radius 2 is 1.89 bits per heavy atom. The van der Waals surface area contributed by atoms with E-state index in [0.717, 1.165) is 19.4 Å². The van der Waals surface area contributed by atoms with Crippen molar-refractivity contribution in [3.63, 3.8) is 0 Å². The van der Waals surface area contributed by atoms with Crippen molar-refractivity contribution < 1.29 is 0 Å². The molecule has 1 heterocycles. The fraction of sp³-hybridized carbons (Fsp3) is 0.647. The SMILES string of the molecule is CCc1ccc(C(CC)N2CC(C)CC(N)C2)cc1. The summed E-state index contributed by atoms with van der Waals surface area (Å²) in [6.45, 7) is 9.03. The third kappa shape index (κ3) is 3.58. The molecule has 2 nitrogen and oxygen atoms in total. The second-order valence-electron chi connectivity index (χ2n) is 6.07. The van der Waals surface area contributed by atoms with E-state index in [-0.39, 0.29) is 0 Å². The smallest absolute Gasteiger partial charge is 0.0346 e. The molecule has 0 aromatic heterocycles. The molecule has 3 atom stereocenters. The Balaban J connectivity index is 2.13. The van der Waals surface area contributed by atoms with Crippen molar-refractivity contribution in [1.82, 2.24) is 4.90 Å². The van der Waals surface area contributed by atoms with Crippen LogP contribution in [0.1, 0.15) is 50.8 Å². The zero-order valence-electron chi connectivity index (χ0n) is 12.6. The summed E-state index contributed by atoms with van der Waals surface area (Å²) in [6, 6.07) is 10.0. The number of piperidine rings is 1. The van der Waals surface area contributed by atoms with Crippen molar-refractivity contribution in [2.24, 2.45) is 11.7 Å². The first-order chi connectivity index (χ1) is 9.13. The second-order valence-corrected chi connectivity index (χ2v) is 6.07. The van der Waals surface area contributed by atoms with E-state index in [1.807, 2.05) is 0 Å². The van der Waals surface area contributed by atoms with Crippen LogP contribution in [0, 0.1) is 5.92 Å². The zero-order valence-corrected chi connectivity index (χ0v) is 12.6. The first-order valence-electron chi connectivity index (χ1n) is 7.72. The summed E-state index contributed by atoms with van der Waals surface area (Å²) >= 11 is 0. The Bertz CT molecular complexity index is 375. The van der Waals surface area contributed by atoms with E-state index in [1.54, 1.807) is 0 Å². The summed E-state index contributed by atoms with van der Waals surface area (Å²) in [4.78, 5) is 2.58. The number of rotatable bonds is 4. The van der Waals surface area contributed by atoms with Gasteiger partial charge in [-0.1, -0.05) is 45.0 Å². The lowest BCUT2D eigenvalue weighted by Crippen LogP contribution is -2.47. The Kier molecular flexibility index (Phi) is 5.00. The van der Waals surface area contributed by atoms with E-state index >= 15 is 0 Å². The molecular weight excluding hydrogens is 232 g/mol. The summed E-state index contributed by atoms with van der Waals surface area (Å²) in [5.41, 5.74) is 9.05. The van der Waals surface area contributed by atoms with Crippen LogP contribution in [0.5, 0.6) is 0 Å². The van der Waals surface area contributed by atoms with Gasteiger partial charge in [0.15, 0.2) is 0 Å². The molecule has 106 valence electrons. The highest BCUT2D eigenvalue weighted by Gasteiger charge is 2.27. The maximum atomic E-state index is 6.19. The summed E-state index contributed by atoms with van der Waals surface area (Å²) in [6.07, 6.45) is 3.44. The largest absolute Gasteiger partial charge is 0.327 e. The average Bonchev–Trinajstić information content (AvgIpc) is 2.39. The number of nitrogens with two attached hydrogens (primary N) is 1. The van der Waals surface area contributed by atoms with E-state index in [1.165, 1.54) is 24.1 Å². The van der Waals surface area contributed by atoms with E-state index in [0.29, 0.717) is 18.0 Å². The van der Waals surface area contributed by atoms with Crippen LogP contribution >= 0.6 is 0 Å². The number of nitrogens with zero attached hydrogens (tertiary/aromatic N) is 1. The topological polar surface area (TPSA) is 29.3 Å². The zero-order chi connectivity index (χ0) is 13.8. The molecule has 1 saturated heterocycles. The lowest BCUT2D eigenvalue weighted by atomic mass is 9.92. The van der Waals surface area contributed by atoms with Gasteiger partial charge in [-0.25, -0.2) is 0 Å². The van der Waals surface area contributed by atoms with Gasteiger partial charge in [0.1, 0.15) is 0 Å². The van der Waals surface area contributed by atoms with Crippen LogP contribution in [-0.4, -0.2) is 24.0 Å². The molecule has 1 aromatic carbocycles. The molecule has 0 aliphatic carbocycles. The van der Waals surface area contributed by atoms with Gasteiger partial charge in [0.2, 0.25) is 0 Å². The van der Waals surface area contributed by atoms with E-state index in [4.69, 9.17) is 5.73 Å². The first kappa shape index (κ1) is 14.5. The van der Waals surface area contributed by atoms with Crippen molar-refractivity contribution in [2.75, 3.05) is 13.1 Å². The van der Waals surface area contributed by atoms with Gasteiger partial charge in [-0.15, -0.1) is 0 Å². The molecule has 0 spiro atoms. The van der Waals surface area contributed by atoms with Gasteiger partial charge in [-0.05, 0) is 36.3 Å². The van der Waals surface area contributed by atoms with Gasteiger partial charge in [0.05, 0.1) is 0 Å². The number of benzene rings is 1. The van der Waals surface area contributed by atoms with Crippen LogP contribution in [0.25, 0.3) is 0 Å². The molecule has 19 heavy (non-hydrogen) atoms. The lowest BCUT2D eigenvalue weighted by molar-refractivity contribution is 0.112. The quantitative estimate of drug-likeness (QED) is 0.899. The van der Waals surface area contributed by atoms with Crippen molar-refractivity contribution in [3.8, 4) is 0 Å². The molecule has 2 rings (SSSR count). The summed E-state index contributed by atoms with van der Waals surface area (Å²) < 4.78 is 0. The number of hydrogen-bond donors (Lipinski definition) is 1.